The van der Waals surface area contributed by atoms with E-state index < -0.39 is 19.8 Å². The Kier molecular flexibility index (Phi) is 11.9. The standard InChI is InChI=1S/C44H51BrN4O6Si/c1-29-41(56(3,4)35-18-16-34(54-2)17-19-35)39(26-40(51)48(22-23-50)27-30-10-6-5-7-11-30)55-44(29)36-25-32(45)15-20-38(36)49(43(44)53)28-31-12-8-13-33(24-31)47-42(52)37-14-9-21-46-37/h5-8,10-13,15-20,24-25,29,37,39,41,46,50H,9,14,21-23,26-28H2,1-4H3,(H,47,52)/t29-,37+,39+,41-,44+/m0/s1. The SMILES string of the molecule is COc1ccc([Si](C)(C)[C@@H]2[C@@H](CC(=O)N(CCO)Cc3ccccc3)O[C@]3(C(=O)N(Cc4cccc(NC(=O)[C@H]5CCCN5)c4)c4ccc(Br)cc43)[C@H]2C)cc1. The number of aliphatic hydroxyl groups is 1. The van der Waals surface area contributed by atoms with E-state index in [2.05, 4.69) is 58.7 Å². The molecule has 2 fully saturated rings. The second kappa shape index (κ2) is 16.6. The molecule has 3 N–H and O–H groups in total. The van der Waals surface area contributed by atoms with Crippen molar-refractivity contribution in [3.05, 3.63) is 118 Å². The van der Waals surface area contributed by atoms with Crippen molar-refractivity contribution in [2.45, 2.75) is 75.7 Å². The van der Waals surface area contributed by atoms with Gasteiger partial charge in [-0.15, -0.1) is 0 Å². The highest BCUT2D eigenvalue weighted by molar-refractivity contribution is 9.10. The molecule has 7 rings (SSSR count). The molecule has 10 nitrogen and oxygen atoms in total. The highest BCUT2D eigenvalue weighted by atomic mass is 79.9. The molecule has 12 heteroatoms. The van der Waals surface area contributed by atoms with Crippen molar-refractivity contribution in [1.29, 1.82) is 0 Å². The van der Waals surface area contributed by atoms with E-state index in [1.165, 1.54) is 5.19 Å². The Labute approximate surface area is 338 Å². The first-order valence-electron chi connectivity index (χ1n) is 19.5. The molecular formula is C44H51BrN4O6Si. The van der Waals surface area contributed by atoms with Crippen LogP contribution in [0.15, 0.2) is 102 Å². The Hall–Kier alpha value is -4.33. The van der Waals surface area contributed by atoms with Crippen molar-refractivity contribution >= 4 is 58.3 Å². The zero-order chi connectivity index (χ0) is 39.6. The summed E-state index contributed by atoms with van der Waals surface area (Å²) in [5, 5.41) is 17.5. The van der Waals surface area contributed by atoms with Crippen LogP contribution in [0, 0.1) is 5.92 Å². The quantitative estimate of drug-likeness (QED) is 0.135. The number of halogens is 1. The number of carbonyl (C=O) groups is 3. The van der Waals surface area contributed by atoms with Gasteiger partial charge in [-0.05, 0) is 78.5 Å². The Balaban J connectivity index is 1.25. The van der Waals surface area contributed by atoms with E-state index in [0.29, 0.717) is 12.2 Å². The number of ether oxygens (including phenoxy) is 2. The number of rotatable bonds is 13. The van der Waals surface area contributed by atoms with E-state index in [1.54, 1.807) is 16.9 Å². The minimum atomic E-state index is -2.52. The van der Waals surface area contributed by atoms with Crippen molar-refractivity contribution in [1.82, 2.24) is 10.2 Å². The first kappa shape index (κ1) is 39.9. The molecule has 3 aliphatic rings. The second-order valence-electron chi connectivity index (χ2n) is 15.8. The summed E-state index contributed by atoms with van der Waals surface area (Å²) in [5.41, 5.74) is 2.54. The summed E-state index contributed by atoms with van der Waals surface area (Å²) >= 11 is 3.69. The number of benzene rings is 4. The molecule has 3 heterocycles. The van der Waals surface area contributed by atoms with E-state index in [1.807, 2.05) is 84.9 Å². The molecule has 5 atom stereocenters. The van der Waals surface area contributed by atoms with Crippen molar-refractivity contribution in [2.75, 3.05) is 37.0 Å². The number of nitrogens with zero attached hydrogens (tertiary/aromatic N) is 2. The third-order valence-electron chi connectivity index (χ3n) is 12.0. The maximum Gasteiger partial charge on any atom is 0.264 e. The van der Waals surface area contributed by atoms with Gasteiger partial charge in [0.2, 0.25) is 11.8 Å². The number of anilines is 2. The predicted molar refractivity (Wildman–Crippen MR) is 225 cm³/mol. The van der Waals surface area contributed by atoms with Gasteiger partial charge in [0.15, 0.2) is 5.60 Å². The Morgan fingerprint density at radius 2 is 1.79 bits per heavy atom. The van der Waals surface area contributed by atoms with Gasteiger partial charge >= 0.3 is 0 Å². The Bertz CT molecular complexity index is 2060. The smallest absolute Gasteiger partial charge is 0.264 e. The number of fused-ring (bicyclic) bond motifs is 2. The number of hydrogen-bond donors (Lipinski definition) is 3. The summed E-state index contributed by atoms with van der Waals surface area (Å²) < 4.78 is 13.6. The van der Waals surface area contributed by atoms with Gasteiger partial charge in [0.05, 0.1) is 52.6 Å². The van der Waals surface area contributed by atoms with Crippen LogP contribution in [0.1, 0.15) is 42.9 Å². The van der Waals surface area contributed by atoms with Crippen LogP contribution in [0.4, 0.5) is 11.4 Å². The van der Waals surface area contributed by atoms with Crippen LogP contribution in [0.2, 0.25) is 18.6 Å². The number of hydrogen-bond acceptors (Lipinski definition) is 7. The van der Waals surface area contributed by atoms with Crippen LogP contribution in [0.25, 0.3) is 0 Å². The van der Waals surface area contributed by atoms with E-state index in [4.69, 9.17) is 9.47 Å². The van der Waals surface area contributed by atoms with Crippen LogP contribution < -0.4 is 25.5 Å². The van der Waals surface area contributed by atoms with Crippen molar-refractivity contribution in [3.8, 4) is 5.75 Å². The molecule has 294 valence electrons. The van der Waals surface area contributed by atoms with Gasteiger partial charge in [-0.3, -0.25) is 14.4 Å². The molecular weight excluding hydrogens is 788 g/mol. The van der Waals surface area contributed by atoms with Crippen LogP contribution in [-0.4, -0.2) is 74.8 Å². The van der Waals surface area contributed by atoms with Gasteiger partial charge in [-0.25, -0.2) is 0 Å². The summed E-state index contributed by atoms with van der Waals surface area (Å²) in [5.74, 6) is 0.0939. The first-order valence-corrected chi connectivity index (χ1v) is 23.3. The third kappa shape index (κ3) is 7.69. The Morgan fingerprint density at radius 1 is 1.04 bits per heavy atom. The van der Waals surface area contributed by atoms with Gasteiger partial charge in [0.25, 0.3) is 5.91 Å². The fourth-order valence-electron chi connectivity index (χ4n) is 9.23. The van der Waals surface area contributed by atoms with Gasteiger partial charge in [0, 0.05) is 34.7 Å². The average Bonchev–Trinajstić information content (AvgIpc) is 3.89. The third-order valence-corrected chi connectivity index (χ3v) is 16.9. The van der Waals surface area contributed by atoms with E-state index in [-0.39, 0.29) is 61.3 Å². The minimum Gasteiger partial charge on any atom is -0.497 e. The lowest BCUT2D eigenvalue weighted by molar-refractivity contribution is -0.150. The minimum absolute atomic E-state index is 0.0594. The zero-order valence-electron chi connectivity index (χ0n) is 32.5. The van der Waals surface area contributed by atoms with Gasteiger partial charge in [0.1, 0.15) is 5.75 Å². The number of amides is 3. The summed E-state index contributed by atoms with van der Waals surface area (Å²) in [4.78, 5) is 46.1. The first-order chi connectivity index (χ1) is 27.0. The Morgan fingerprint density at radius 3 is 2.48 bits per heavy atom. The zero-order valence-corrected chi connectivity index (χ0v) is 35.1. The van der Waals surface area contributed by atoms with Crippen LogP contribution in [-0.2, 0) is 37.8 Å². The van der Waals surface area contributed by atoms with Gasteiger partial charge in [-0.2, -0.15) is 0 Å². The van der Waals surface area contributed by atoms with Crippen LogP contribution >= 0.6 is 15.9 Å². The summed E-state index contributed by atoms with van der Waals surface area (Å²) in [6.45, 7) is 8.18. The largest absolute Gasteiger partial charge is 0.497 e. The number of carbonyl (C=O) groups excluding carboxylic acids is 3. The van der Waals surface area contributed by atoms with Crippen LogP contribution in [0.5, 0.6) is 5.75 Å². The predicted octanol–water partition coefficient (Wildman–Crippen LogP) is 6.32. The van der Waals surface area contributed by atoms with Crippen molar-refractivity contribution in [3.63, 3.8) is 0 Å². The molecule has 1 spiro atoms. The lowest BCUT2D eigenvalue weighted by Crippen LogP contribution is -2.52. The molecule has 0 unspecified atom stereocenters. The number of nitrogens with one attached hydrogen (secondary N) is 2. The van der Waals surface area contributed by atoms with E-state index in [9.17, 15) is 14.7 Å². The summed E-state index contributed by atoms with van der Waals surface area (Å²) in [7, 11) is -0.870. The highest BCUT2D eigenvalue weighted by Crippen LogP contribution is 2.60. The van der Waals surface area contributed by atoms with Gasteiger partial charge in [-0.1, -0.05) is 95.7 Å². The van der Waals surface area contributed by atoms with Gasteiger partial charge < -0.3 is 35.0 Å². The molecule has 3 aliphatic heterocycles. The summed E-state index contributed by atoms with van der Waals surface area (Å²) in [6.07, 6.45) is 1.25. The number of methoxy groups -OCH3 is 1. The molecule has 0 aliphatic carbocycles. The molecule has 2 saturated heterocycles. The molecule has 4 aromatic rings. The normalized spacial score (nSPS) is 23.0. The topological polar surface area (TPSA) is 120 Å². The second-order valence-corrected chi connectivity index (χ2v) is 21.4. The van der Waals surface area contributed by atoms with Crippen molar-refractivity contribution in [2.24, 2.45) is 5.92 Å². The summed E-state index contributed by atoms with van der Waals surface area (Å²) in [6, 6.07) is 31.3. The fraction of sp³-hybridized carbons (Fsp3) is 0.386. The van der Waals surface area contributed by atoms with E-state index in [0.717, 1.165) is 52.0 Å². The molecule has 4 aromatic carbocycles. The molecule has 56 heavy (non-hydrogen) atoms. The number of aliphatic hydroxyl groups excluding tert-OH is 1. The monoisotopic (exact) mass is 838 g/mol. The van der Waals surface area contributed by atoms with Crippen LogP contribution in [0.3, 0.4) is 0 Å². The molecule has 3 amide bonds. The maximum atomic E-state index is 15.3. The van der Waals surface area contributed by atoms with E-state index >= 15 is 4.79 Å². The lowest BCUT2D eigenvalue weighted by Gasteiger charge is -2.37. The van der Waals surface area contributed by atoms with Crippen molar-refractivity contribution < 1.29 is 29.0 Å². The lowest BCUT2D eigenvalue weighted by atomic mass is 9.82. The molecule has 0 bridgehead atoms. The molecule has 0 radical (unpaired) electrons. The molecule has 0 saturated carbocycles. The highest BCUT2D eigenvalue weighted by Gasteiger charge is 2.66. The fourth-order valence-corrected chi connectivity index (χ4v) is 13.6. The average molecular weight is 840 g/mol. The maximum absolute atomic E-state index is 15.3. The molecule has 0 aromatic heterocycles.